The van der Waals surface area contributed by atoms with Crippen molar-refractivity contribution in [3.63, 3.8) is 0 Å². The average Bonchev–Trinajstić information content (AvgIpc) is 2.78. The van der Waals surface area contributed by atoms with Crippen LogP contribution in [0.25, 0.3) is 5.69 Å². The van der Waals surface area contributed by atoms with Gasteiger partial charge in [0.05, 0.1) is 17.9 Å². The van der Waals surface area contributed by atoms with E-state index in [-0.39, 0.29) is 11.5 Å². The van der Waals surface area contributed by atoms with E-state index in [2.05, 4.69) is 24.1 Å². The number of likely N-dealkylation sites (tertiary alicyclic amines) is 1. The van der Waals surface area contributed by atoms with Gasteiger partial charge in [-0.3, -0.25) is 19.2 Å². The Morgan fingerprint density at radius 1 is 1.15 bits per heavy atom. The van der Waals surface area contributed by atoms with Gasteiger partial charge in [-0.25, -0.2) is 4.68 Å². The molecule has 1 saturated heterocycles. The van der Waals surface area contributed by atoms with E-state index < -0.39 is 0 Å². The van der Waals surface area contributed by atoms with E-state index >= 15 is 0 Å². The molecule has 2 atom stereocenters. The number of amides is 1. The summed E-state index contributed by atoms with van der Waals surface area (Å²) in [6, 6.07) is 9.45. The van der Waals surface area contributed by atoms with Gasteiger partial charge in [0, 0.05) is 20.1 Å². The van der Waals surface area contributed by atoms with Crippen molar-refractivity contribution in [1.82, 2.24) is 14.3 Å². The molecule has 0 spiro atoms. The fourth-order valence-corrected chi connectivity index (χ4v) is 4.02. The van der Waals surface area contributed by atoms with Crippen LogP contribution >= 0.6 is 0 Å². The number of nitrogens with zero attached hydrogens (tertiary/aromatic N) is 3. The third-order valence-electron chi connectivity index (χ3n) is 5.13. The first-order valence-electron chi connectivity index (χ1n) is 9.23. The molecule has 3 rings (SSSR count). The summed E-state index contributed by atoms with van der Waals surface area (Å²) in [7, 11) is 1.83. The summed E-state index contributed by atoms with van der Waals surface area (Å²) in [6.07, 6.45) is 1.21. The molecule has 1 aromatic carbocycles. The number of para-hydroxylation sites is 1. The summed E-state index contributed by atoms with van der Waals surface area (Å²) >= 11 is 0. The van der Waals surface area contributed by atoms with Crippen LogP contribution < -0.4 is 10.9 Å². The molecule has 0 aliphatic carbocycles. The number of rotatable bonds is 4. The zero-order valence-electron chi connectivity index (χ0n) is 16.0. The number of carbonyl (C=O) groups excluding carboxylic acids is 1. The van der Waals surface area contributed by atoms with E-state index in [1.54, 1.807) is 9.36 Å². The molecule has 0 unspecified atom stereocenters. The number of piperidine rings is 1. The van der Waals surface area contributed by atoms with Crippen molar-refractivity contribution in [1.29, 1.82) is 0 Å². The van der Waals surface area contributed by atoms with Gasteiger partial charge in [0.2, 0.25) is 5.91 Å². The molecular weight excluding hydrogens is 328 g/mol. The number of hydrogen-bond donors (Lipinski definition) is 1. The molecule has 6 nitrogen and oxygen atoms in total. The minimum absolute atomic E-state index is 0.127. The van der Waals surface area contributed by atoms with Crippen LogP contribution in [0.5, 0.6) is 0 Å². The van der Waals surface area contributed by atoms with Crippen LogP contribution in [0.1, 0.15) is 26.0 Å². The van der Waals surface area contributed by atoms with Crippen molar-refractivity contribution in [2.24, 2.45) is 18.9 Å². The monoisotopic (exact) mass is 356 g/mol. The maximum atomic E-state index is 12.9. The van der Waals surface area contributed by atoms with Crippen molar-refractivity contribution >= 4 is 11.6 Å². The van der Waals surface area contributed by atoms with Crippen LogP contribution in [0, 0.1) is 18.8 Å². The SMILES string of the molecule is Cc1c(NC(=O)CN2C[C@@H](C)C[C@H](C)C2)c(=O)n(-c2ccccc2)n1C. The molecule has 2 aromatic rings. The molecule has 0 radical (unpaired) electrons. The lowest BCUT2D eigenvalue weighted by Crippen LogP contribution is -2.43. The first-order valence-corrected chi connectivity index (χ1v) is 9.23. The highest BCUT2D eigenvalue weighted by atomic mass is 16.2. The molecular formula is C20H28N4O2. The van der Waals surface area contributed by atoms with Crippen molar-refractivity contribution in [2.45, 2.75) is 27.2 Å². The van der Waals surface area contributed by atoms with Gasteiger partial charge in [-0.15, -0.1) is 0 Å². The summed E-state index contributed by atoms with van der Waals surface area (Å²) in [5.41, 5.74) is 1.68. The van der Waals surface area contributed by atoms with E-state index in [1.807, 2.05) is 44.3 Å². The second kappa shape index (κ2) is 7.50. The Balaban J connectivity index is 1.78. The molecule has 6 heteroatoms. The molecule has 1 N–H and O–H groups in total. The maximum Gasteiger partial charge on any atom is 0.295 e. The average molecular weight is 356 g/mol. The smallest absolute Gasteiger partial charge is 0.295 e. The van der Waals surface area contributed by atoms with Gasteiger partial charge in [-0.05, 0) is 37.3 Å². The standard InChI is InChI=1S/C20H28N4O2/c1-14-10-15(2)12-23(11-14)13-18(25)21-19-16(3)22(4)24(20(19)26)17-8-6-5-7-9-17/h5-9,14-15H,10-13H2,1-4H3,(H,21,25)/t14-,15-/m0/s1. The van der Waals surface area contributed by atoms with E-state index in [1.165, 1.54) is 6.42 Å². The third-order valence-corrected chi connectivity index (χ3v) is 5.13. The summed E-state index contributed by atoms with van der Waals surface area (Å²) < 4.78 is 3.36. The zero-order valence-corrected chi connectivity index (χ0v) is 16.0. The van der Waals surface area contributed by atoms with Crippen LogP contribution in [0.15, 0.2) is 35.1 Å². The summed E-state index contributed by atoms with van der Waals surface area (Å²) in [6.45, 7) is 8.48. The highest BCUT2D eigenvalue weighted by Crippen LogP contribution is 2.21. The molecule has 26 heavy (non-hydrogen) atoms. The lowest BCUT2D eigenvalue weighted by molar-refractivity contribution is -0.117. The summed E-state index contributed by atoms with van der Waals surface area (Å²) in [5, 5.41) is 2.85. The Hall–Kier alpha value is -2.34. The summed E-state index contributed by atoms with van der Waals surface area (Å²) in [5.74, 6) is 1.07. The Morgan fingerprint density at radius 3 is 2.38 bits per heavy atom. The van der Waals surface area contributed by atoms with Gasteiger partial charge in [0.15, 0.2) is 0 Å². The van der Waals surface area contributed by atoms with Gasteiger partial charge >= 0.3 is 0 Å². The quantitative estimate of drug-likeness (QED) is 0.915. The first-order chi connectivity index (χ1) is 12.4. The van der Waals surface area contributed by atoms with E-state index in [4.69, 9.17) is 0 Å². The van der Waals surface area contributed by atoms with Crippen molar-refractivity contribution in [2.75, 3.05) is 25.0 Å². The number of nitrogens with one attached hydrogen (secondary N) is 1. The Kier molecular flexibility index (Phi) is 5.32. The molecule has 1 aliphatic rings. The van der Waals surface area contributed by atoms with Gasteiger partial charge in [-0.2, -0.15) is 0 Å². The maximum absolute atomic E-state index is 12.9. The van der Waals surface area contributed by atoms with Crippen molar-refractivity contribution in [3.05, 3.63) is 46.4 Å². The second-order valence-electron chi connectivity index (χ2n) is 7.62. The van der Waals surface area contributed by atoms with E-state index in [9.17, 15) is 9.59 Å². The molecule has 0 saturated carbocycles. The van der Waals surface area contributed by atoms with Gasteiger partial charge in [0.25, 0.3) is 5.56 Å². The van der Waals surface area contributed by atoms with Crippen LogP contribution in [0.3, 0.4) is 0 Å². The number of anilines is 1. The lowest BCUT2D eigenvalue weighted by atomic mass is 9.92. The first kappa shape index (κ1) is 18.5. The van der Waals surface area contributed by atoms with Crippen molar-refractivity contribution in [3.8, 4) is 5.69 Å². The fraction of sp³-hybridized carbons (Fsp3) is 0.500. The predicted molar refractivity (Wildman–Crippen MR) is 104 cm³/mol. The van der Waals surface area contributed by atoms with Gasteiger partial charge in [0.1, 0.15) is 5.69 Å². The van der Waals surface area contributed by atoms with E-state index in [0.29, 0.717) is 24.1 Å². The predicted octanol–water partition coefficient (Wildman–Crippen LogP) is 2.40. The second-order valence-corrected chi connectivity index (χ2v) is 7.62. The molecule has 1 amide bonds. The number of carbonyl (C=O) groups is 1. The topological polar surface area (TPSA) is 59.3 Å². The molecule has 1 aromatic heterocycles. The lowest BCUT2D eigenvalue weighted by Gasteiger charge is -2.34. The van der Waals surface area contributed by atoms with Crippen LogP contribution in [-0.2, 0) is 11.8 Å². The summed E-state index contributed by atoms with van der Waals surface area (Å²) in [4.78, 5) is 27.6. The van der Waals surface area contributed by atoms with Crippen LogP contribution in [0.4, 0.5) is 5.69 Å². The van der Waals surface area contributed by atoms with Crippen molar-refractivity contribution < 1.29 is 4.79 Å². The largest absolute Gasteiger partial charge is 0.319 e. The molecule has 1 fully saturated rings. The Morgan fingerprint density at radius 2 is 1.77 bits per heavy atom. The molecule has 0 bridgehead atoms. The molecule has 1 aliphatic heterocycles. The highest BCUT2D eigenvalue weighted by molar-refractivity contribution is 5.92. The highest BCUT2D eigenvalue weighted by Gasteiger charge is 2.24. The van der Waals surface area contributed by atoms with Crippen LogP contribution in [0.2, 0.25) is 0 Å². The van der Waals surface area contributed by atoms with Gasteiger partial charge < -0.3 is 5.32 Å². The van der Waals surface area contributed by atoms with Gasteiger partial charge in [-0.1, -0.05) is 32.0 Å². The number of aromatic nitrogens is 2. The number of benzene rings is 1. The zero-order chi connectivity index (χ0) is 18.8. The minimum atomic E-state index is -0.204. The number of hydrogen-bond acceptors (Lipinski definition) is 3. The third kappa shape index (κ3) is 3.75. The van der Waals surface area contributed by atoms with Crippen LogP contribution in [-0.4, -0.2) is 39.8 Å². The normalized spacial score (nSPS) is 20.9. The van der Waals surface area contributed by atoms with E-state index in [0.717, 1.165) is 24.5 Å². The Bertz CT molecular complexity index is 827. The Labute approximate surface area is 154 Å². The minimum Gasteiger partial charge on any atom is -0.319 e. The molecule has 140 valence electrons. The fourth-order valence-electron chi connectivity index (χ4n) is 4.02. The molecule has 2 heterocycles.